The monoisotopic (exact) mass is 294 g/mol. The zero-order chi connectivity index (χ0) is 15.8. The Kier molecular flexibility index (Phi) is 6.45. The van der Waals surface area contributed by atoms with E-state index in [1.807, 2.05) is 13.8 Å². The molecular weight excluding hydrogens is 272 g/mol. The molecule has 1 atom stereocenters. The van der Waals surface area contributed by atoms with Gasteiger partial charge in [0.05, 0.1) is 4.92 Å². The van der Waals surface area contributed by atoms with Crippen LogP contribution in [0, 0.1) is 10.1 Å². The first kappa shape index (κ1) is 16.7. The summed E-state index contributed by atoms with van der Waals surface area (Å²) in [4.78, 5) is 22.0. The van der Waals surface area contributed by atoms with Gasteiger partial charge in [0.15, 0.2) is 0 Å². The van der Waals surface area contributed by atoms with Crippen LogP contribution >= 0.6 is 0 Å². The molecule has 1 rings (SSSR count). The van der Waals surface area contributed by atoms with Crippen LogP contribution in [0.4, 0.5) is 17.1 Å². The van der Waals surface area contributed by atoms with Gasteiger partial charge < -0.3 is 16.0 Å². The van der Waals surface area contributed by atoms with E-state index in [0.717, 1.165) is 6.42 Å². The number of benzene rings is 1. The molecule has 0 aliphatic rings. The number of carbonyl (C=O) groups excluding carboxylic acids is 1. The van der Waals surface area contributed by atoms with E-state index in [9.17, 15) is 14.9 Å². The van der Waals surface area contributed by atoms with Gasteiger partial charge in [-0.3, -0.25) is 14.9 Å². The minimum absolute atomic E-state index is 0.00778. The normalized spacial score (nSPS) is 11.6. The average molecular weight is 294 g/mol. The molecule has 0 saturated heterocycles. The number of nitrogens with zero attached hydrogens (tertiary/aromatic N) is 1. The predicted molar refractivity (Wildman–Crippen MR) is 83.6 cm³/mol. The molecule has 3 N–H and O–H groups in total. The summed E-state index contributed by atoms with van der Waals surface area (Å²) in [6.45, 7) is 4.38. The lowest BCUT2D eigenvalue weighted by molar-refractivity contribution is -0.384. The highest BCUT2D eigenvalue weighted by atomic mass is 16.6. The second-order valence-corrected chi connectivity index (χ2v) is 4.83. The highest BCUT2D eigenvalue weighted by Crippen LogP contribution is 2.23. The molecule has 1 aromatic carbocycles. The summed E-state index contributed by atoms with van der Waals surface area (Å²) in [5.74, 6) is -0.0314. The van der Waals surface area contributed by atoms with Crippen molar-refractivity contribution >= 4 is 23.0 Å². The molecule has 0 spiro atoms. The molecule has 0 aliphatic carbocycles. The van der Waals surface area contributed by atoms with Gasteiger partial charge in [-0.2, -0.15) is 0 Å². The van der Waals surface area contributed by atoms with Gasteiger partial charge in [-0.15, -0.1) is 0 Å². The molecule has 0 aromatic heterocycles. The van der Waals surface area contributed by atoms with E-state index in [1.165, 1.54) is 12.1 Å². The Morgan fingerprint density at radius 2 is 2.00 bits per heavy atom. The number of non-ortho nitro benzene ring substituents is 1. The van der Waals surface area contributed by atoms with Gasteiger partial charge in [-0.1, -0.05) is 6.92 Å². The lowest BCUT2D eigenvalue weighted by Gasteiger charge is -2.12. The number of hydrogen-bond acceptors (Lipinski definition) is 5. The fraction of sp³-hybridized carbons (Fsp3) is 0.500. The number of rotatable bonds is 8. The van der Waals surface area contributed by atoms with Gasteiger partial charge in [0, 0.05) is 49.6 Å². The maximum atomic E-state index is 11.6. The Morgan fingerprint density at radius 1 is 1.33 bits per heavy atom. The van der Waals surface area contributed by atoms with Crippen LogP contribution in [-0.2, 0) is 4.79 Å². The van der Waals surface area contributed by atoms with Crippen molar-refractivity contribution in [3.8, 4) is 0 Å². The van der Waals surface area contributed by atoms with Crippen molar-refractivity contribution in [2.75, 3.05) is 24.2 Å². The van der Waals surface area contributed by atoms with E-state index >= 15 is 0 Å². The fourth-order valence-corrected chi connectivity index (χ4v) is 1.73. The number of nitro benzene ring substituents is 1. The molecule has 0 radical (unpaired) electrons. The molecule has 7 heteroatoms. The van der Waals surface area contributed by atoms with Crippen molar-refractivity contribution < 1.29 is 9.72 Å². The summed E-state index contributed by atoms with van der Waals surface area (Å²) in [5, 5.41) is 19.6. The van der Waals surface area contributed by atoms with Crippen LogP contribution in [0.15, 0.2) is 18.2 Å². The van der Waals surface area contributed by atoms with Crippen LogP contribution in [0.2, 0.25) is 0 Å². The maximum Gasteiger partial charge on any atom is 0.273 e. The third-order valence-corrected chi connectivity index (χ3v) is 3.12. The molecule has 0 fully saturated rings. The van der Waals surface area contributed by atoms with Crippen LogP contribution in [0.3, 0.4) is 0 Å². The van der Waals surface area contributed by atoms with Crippen molar-refractivity contribution in [1.82, 2.24) is 5.32 Å². The van der Waals surface area contributed by atoms with Gasteiger partial charge in [-0.25, -0.2) is 0 Å². The van der Waals surface area contributed by atoms with Crippen LogP contribution in [0.1, 0.15) is 26.7 Å². The lowest BCUT2D eigenvalue weighted by atomic mass is 10.2. The molecule has 0 aliphatic heterocycles. The quantitative estimate of drug-likeness (QED) is 0.505. The summed E-state index contributed by atoms with van der Waals surface area (Å²) in [6, 6.07) is 4.83. The van der Waals surface area contributed by atoms with Crippen molar-refractivity contribution in [3.05, 3.63) is 28.3 Å². The summed E-state index contributed by atoms with van der Waals surface area (Å²) < 4.78 is 0. The van der Waals surface area contributed by atoms with Crippen LogP contribution < -0.4 is 16.0 Å². The predicted octanol–water partition coefficient (Wildman–Crippen LogP) is 2.35. The highest BCUT2D eigenvalue weighted by Gasteiger charge is 2.10. The Hall–Kier alpha value is -2.31. The molecule has 7 nitrogen and oxygen atoms in total. The molecule has 1 aromatic rings. The van der Waals surface area contributed by atoms with Crippen molar-refractivity contribution in [3.63, 3.8) is 0 Å². The highest BCUT2D eigenvalue weighted by molar-refractivity contribution is 5.76. The number of nitrogens with one attached hydrogen (secondary N) is 3. The fourth-order valence-electron chi connectivity index (χ4n) is 1.73. The first-order valence-corrected chi connectivity index (χ1v) is 6.96. The second-order valence-electron chi connectivity index (χ2n) is 4.83. The summed E-state index contributed by atoms with van der Waals surface area (Å²) in [5.41, 5.74) is 1.27. The average Bonchev–Trinajstić information content (AvgIpc) is 2.46. The first-order valence-electron chi connectivity index (χ1n) is 6.96. The van der Waals surface area contributed by atoms with Gasteiger partial charge in [0.25, 0.3) is 5.69 Å². The molecule has 1 amide bonds. The van der Waals surface area contributed by atoms with Crippen LogP contribution in [0.5, 0.6) is 0 Å². The minimum atomic E-state index is -0.443. The number of carbonyl (C=O) groups is 1. The van der Waals surface area contributed by atoms with Crippen molar-refractivity contribution in [2.24, 2.45) is 0 Å². The van der Waals surface area contributed by atoms with Gasteiger partial charge in [0.1, 0.15) is 0 Å². The minimum Gasteiger partial charge on any atom is -0.388 e. The van der Waals surface area contributed by atoms with E-state index in [0.29, 0.717) is 24.3 Å². The third-order valence-electron chi connectivity index (χ3n) is 3.12. The van der Waals surface area contributed by atoms with Crippen molar-refractivity contribution in [2.45, 2.75) is 32.7 Å². The molecule has 21 heavy (non-hydrogen) atoms. The number of anilines is 2. The summed E-state index contributed by atoms with van der Waals surface area (Å²) in [7, 11) is 1.70. The van der Waals surface area contributed by atoms with Gasteiger partial charge in [0.2, 0.25) is 5.91 Å². The molecule has 0 heterocycles. The van der Waals surface area contributed by atoms with E-state index in [1.54, 1.807) is 13.1 Å². The van der Waals surface area contributed by atoms with E-state index in [4.69, 9.17) is 0 Å². The zero-order valence-electron chi connectivity index (χ0n) is 12.6. The van der Waals surface area contributed by atoms with Crippen LogP contribution in [-0.4, -0.2) is 30.5 Å². The second kappa shape index (κ2) is 8.08. The Balaban J connectivity index is 2.57. The van der Waals surface area contributed by atoms with Crippen molar-refractivity contribution in [1.29, 1.82) is 0 Å². The van der Waals surface area contributed by atoms with Gasteiger partial charge >= 0.3 is 0 Å². The lowest BCUT2D eigenvalue weighted by Crippen LogP contribution is -2.32. The largest absolute Gasteiger partial charge is 0.388 e. The zero-order valence-corrected chi connectivity index (χ0v) is 12.6. The Bertz CT molecular complexity index is 505. The molecule has 116 valence electrons. The smallest absolute Gasteiger partial charge is 0.273 e. The van der Waals surface area contributed by atoms with E-state index in [2.05, 4.69) is 16.0 Å². The van der Waals surface area contributed by atoms with Gasteiger partial charge in [-0.05, 0) is 19.4 Å². The Labute approximate surface area is 124 Å². The standard InChI is InChI=1S/C14H22N4O3/c1-4-10(2)17-14(19)5-6-16-12-7-11(15-3)8-13(9-12)18(20)21/h7-10,15-16H,4-6H2,1-3H3,(H,17,19). The summed E-state index contributed by atoms with van der Waals surface area (Å²) >= 11 is 0. The summed E-state index contributed by atoms with van der Waals surface area (Å²) in [6.07, 6.45) is 1.21. The molecule has 1 unspecified atom stereocenters. The van der Waals surface area contributed by atoms with E-state index in [-0.39, 0.29) is 17.6 Å². The number of amides is 1. The topological polar surface area (TPSA) is 96.3 Å². The Morgan fingerprint density at radius 3 is 2.57 bits per heavy atom. The molecular formula is C14H22N4O3. The first-order chi connectivity index (χ1) is 9.96. The third kappa shape index (κ3) is 5.68. The maximum absolute atomic E-state index is 11.6. The van der Waals surface area contributed by atoms with E-state index < -0.39 is 4.92 Å². The SMILES string of the molecule is CCC(C)NC(=O)CCNc1cc(NC)cc([N+](=O)[O-])c1. The molecule has 0 saturated carbocycles. The number of nitro groups is 1. The molecule has 0 bridgehead atoms. The number of hydrogen-bond donors (Lipinski definition) is 3. The van der Waals surface area contributed by atoms with Crippen LogP contribution in [0.25, 0.3) is 0 Å².